The molecule has 0 bridgehead atoms. The monoisotopic (exact) mass is 619 g/mol. The Morgan fingerprint density at radius 3 is 2.21 bits per heavy atom. The molecule has 226 valence electrons. The summed E-state index contributed by atoms with van der Waals surface area (Å²) in [6.45, 7) is 0. The van der Waals surface area contributed by atoms with Gasteiger partial charge in [0.05, 0.1) is 11.0 Å². The Morgan fingerprint density at radius 1 is 0.542 bits per heavy atom. The summed E-state index contributed by atoms with van der Waals surface area (Å²) in [4.78, 5) is 4.94. The summed E-state index contributed by atoms with van der Waals surface area (Å²) in [6.07, 6.45) is 4.05. The van der Waals surface area contributed by atoms with Gasteiger partial charge in [0.1, 0.15) is 39.9 Å². The van der Waals surface area contributed by atoms with Crippen molar-refractivity contribution >= 4 is 54.8 Å². The van der Waals surface area contributed by atoms with Gasteiger partial charge in [-0.1, -0.05) is 72.8 Å². The summed E-state index contributed by atoms with van der Waals surface area (Å²) in [5.41, 5.74) is 8.10. The van der Waals surface area contributed by atoms with Crippen LogP contribution in [0.5, 0.6) is 11.5 Å². The van der Waals surface area contributed by atoms with Crippen molar-refractivity contribution in [3.05, 3.63) is 164 Å². The van der Waals surface area contributed by atoms with E-state index >= 15 is 0 Å². The molecule has 0 saturated heterocycles. The van der Waals surface area contributed by atoms with E-state index in [4.69, 9.17) is 14.1 Å². The fraction of sp³-hybridized carbons (Fsp3) is 0. The number of fused-ring (bicyclic) bond motifs is 7. The van der Waals surface area contributed by atoms with Crippen molar-refractivity contribution in [2.45, 2.75) is 0 Å². The molecule has 0 aliphatic carbocycles. The van der Waals surface area contributed by atoms with Crippen molar-refractivity contribution in [3.8, 4) is 28.7 Å². The number of imidazole rings is 1. The highest BCUT2D eigenvalue weighted by molar-refractivity contribution is 6.10. The average molecular weight is 620 g/mol. The van der Waals surface area contributed by atoms with E-state index in [1.54, 1.807) is 0 Å². The largest absolute Gasteiger partial charge is 0.457 e. The van der Waals surface area contributed by atoms with Crippen LogP contribution in [-0.2, 0) is 0 Å². The minimum Gasteiger partial charge on any atom is -0.457 e. The number of para-hydroxylation sites is 5. The van der Waals surface area contributed by atoms with E-state index < -0.39 is 0 Å². The quantitative estimate of drug-likeness (QED) is 0.180. The Kier molecular flexibility index (Phi) is 5.77. The van der Waals surface area contributed by atoms with Gasteiger partial charge in [-0.2, -0.15) is 9.13 Å². The Balaban J connectivity index is 1.07. The van der Waals surface area contributed by atoms with Gasteiger partial charge in [0.25, 0.3) is 6.33 Å². The van der Waals surface area contributed by atoms with Crippen LogP contribution in [-0.4, -0.2) is 14.1 Å². The first-order valence-electron chi connectivity index (χ1n) is 15.9. The zero-order chi connectivity index (χ0) is 31.6. The normalized spacial score (nSPS) is 11.8. The second kappa shape index (κ2) is 10.4. The zero-order valence-corrected chi connectivity index (χ0v) is 25.7. The molecular weight excluding hydrogens is 592 g/mol. The van der Waals surface area contributed by atoms with Crippen LogP contribution in [0.4, 0.5) is 0 Å². The maximum atomic E-state index is 6.58. The first-order valence-corrected chi connectivity index (χ1v) is 15.9. The molecule has 10 aromatic rings. The molecule has 0 amide bonds. The minimum absolute atomic E-state index is 0.741. The van der Waals surface area contributed by atoms with E-state index in [1.165, 1.54) is 0 Å². The highest BCUT2D eigenvalue weighted by atomic mass is 16.5. The van der Waals surface area contributed by atoms with Crippen LogP contribution in [0.15, 0.2) is 169 Å². The number of pyridine rings is 1. The van der Waals surface area contributed by atoms with Crippen LogP contribution in [0.1, 0.15) is 0 Å². The number of benzene rings is 6. The lowest BCUT2D eigenvalue weighted by Crippen LogP contribution is -2.28. The number of aromatic nitrogens is 4. The maximum absolute atomic E-state index is 6.58. The lowest BCUT2D eigenvalue weighted by atomic mass is 10.1. The number of rotatable bonds is 5. The van der Waals surface area contributed by atoms with Gasteiger partial charge >= 0.3 is 0 Å². The Bertz CT molecular complexity index is 2830. The number of hydrogen-bond acceptors (Lipinski definition) is 3. The molecule has 0 radical (unpaired) electrons. The fourth-order valence-corrected chi connectivity index (χ4v) is 6.94. The molecule has 6 nitrogen and oxygen atoms in total. The highest BCUT2D eigenvalue weighted by Gasteiger charge is 2.20. The zero-order valence-electron chi connectivity index (χ0n) is 25.7. The molecule has 0 spiro atoms. The molecule has 0 atom stereocenters. The molecule has 6 aromatic carbocycles. The summed E-state index contributed by atoms with van der Waals surface area (Å²) in [7, 11) is 0. The summed E-state index contributed by atoms with van der Waals surface area (Å²) < 4.78 is 19.4. The van der Waals surface area contributed by atoms with Gasteiger partial charge in [-0.15, -0.1) is 0 Å². The predicted molar refractivity (Wildman–Crippen MR) is 191 cm³/mol. The fourth-order valence-electron chi connectivity index (χ4n) is 6.94. The molecule has 0 fully saturated rings. The third-order valence-electron chi connectivity index (χ3n) is 9.12. The topological polar surface area (TPSA) is 49.0 Å². The second-order valence-corrected chi connectivity index (χ2v) is 11.9. The van der Waals surface area contributed by atoms with E-state index in [1.807, 2.05) is 54.7 Å². The maximum Gasteiger partial charge on any atom is 0.255 e. The summed E-state index contributed by atoms with van der Waals surface area (Å²) >= 11 is 0. The smallest absolute Gasteiger partial charge is 0.255 e. The van der Waals surface area contributed by atoms with Crippen LogP contribution in [0.2, 0.25) is 0 Å². The first kappa shape index (κ1) is 26.5. The van der Waals surface area contributed by atoms with E-state index in [0.717, 1.165) is 83.5 Å². The number of nitrogens with zero attached hydrogens (tertiary/aromatic N) is 4. The van der Waals surface area contributed by atoms with Crippen LogP contribution in [0, 0.1) is 0 Å². The van der Waals surface area contributed by atoms with Crippen LogP contribution >= 0.6 is 0 Å². The summed E-state index contributed by atoms with van der Waals surface area (Å²) in [5.74, 6) is 2.28. The van der Waals surface area contributed by atoms with Gasteiger partial charge in [0, 0.05) is 45.9 Å². The molecular formula is C42H27N4O2+. The first-order chi connectivity index (χ1) is 23.8. The molecule has 0 saturated carbocycles. The molecule has 4 heterocycles. The van der Waals surface area contributed by atoms with Crippen LogP contribution < -0.4 is 9.30 Å². The lowest BCUT2D eigenvalue weighted by molar-refractivity contribution is -0.567. The van der Waals surface area contributed by atoms with Crippen molar-refractivity contribution in [3.63, 3.8) is 0 Å². The Labute approximate surface area is 274 Å². The molecule has 10 rings (SSSR count). The SMILES string of the molecule is c1ccc(-[n+]2cn(-c3cccc(Oc4ccc5c6ccccc6n(-c6cc7oc8ccccc8c7cn6)c5c4)c3)c3ccccc32)cc1. The molecule has 48 heavy (non-hydrogen) atoms. The number of hydrogen-bond donors (Lipinski definition) is 0. The van der Waals surface area contributed by atoms with Gasteiger partial charge in [-0.05, 0) is 60.7 Å². The number of furan rings is 1. The van der Waals surface area contributed by atoms with E-state index in [-0.39, 0.29) is 0 Å². The van der Waals surface area contributed by atoms with Crippen molar-refractivity contribution in [2.75, 3.05) is 0 Å². The van der Waals surface area contributed by atoms with Crippen LogP contribution in [0.3, 0.4) is 0 Å². The van der Waals surface area contributed by atoms with Crippen LogP contribution in [0.25, 0.3) is 72.0 Å². The molecule has 6 heteroatoms. The molecule has 0 N–H and O–H groups in total. The van der Waals surface area contributed by atoms with Crippen molar-refractivity contribution in [1.29, 1.82) is 0 Å². The predicted octanol–water partition coefficient (Wildman–Crippen LogP) is 10.1. The van der Waals surface area contributed by atoms with Crippen molar-refractivity contribution < 1.29 is 13.7 Å². The molecule has 0 unspecified atom stereocenters. The van der Waals surface area contributed by atoms with Crippen molar-refractivity contribution in [1.82, 2.24) is 14.1 Å². The lowest BCUT2D eigenvalue weighted by Gasteiger charge is -2.09. The third kappa shape index (κ3) is 4.13. The Morgan fingerprint density at radius 2 is 1.29 bits per heavy atom. The molecule has 0 aliphatic heterocycles. The van der Waals surface area contributed by atoms with Gasteiger partial charge in [0.15, 0.2) is 11.0 Å². The second-order valence-electron chi connectivity index (χ2n) is 11.9. The van der Waals surface area contributed by atoms with Gasteiger partial charge in [0.2, 0.25) is 0 Å². The Hall–Kier alpha value is -6.66. The average Bonchev–Trinajstić information content (AvgIpc) is 3.81. The number of ether oxygens (including phenoxy) is 1. The van der Waals surface area contributed by atoms with Gasteiger partial charge in [-0.25, -0.2) is 4.98 Å². The van der Waals surface area contributed by atoms with Gasteiger partial charge in [-0.3, -0.25) is 4.57 Å². The third-order valence-corrected chi connectivity index (χ3v) is 9.12. The summed E-state index contributed by atoms with van der Waals surface area (Å²) in [5, 5.41) is 4.35. The van der Waals surface area contributed by atoms with Gasteiger partial charge < -0.3 is 9.15 Å². The molecule has 4 aromatic heterocycles. The molecule has 0 aliphatic rings. The minimum atomic E-state index is 0.741. The van der Waals surface area contributed by atoms with E-state index in [2.05, 4.69) is 123 Å². The van der Waals surface area contributed by atoms with E-state index in [9.17, 15) is 0 Å². The van der Waals surface area contributed by atoms with Crippen molar-refractivity contribution in [2.24, 2.45) is 0 Å². The van der Waals surface area contributed by atoms with E-state index in [0.29, 0.717) is 0 Å². The highest BCUT2D eigenvalue weighted by Crippen LogP contribution is 2.37. The standard InChI is InChI=1S/C42H27N4O2/c1-2-11-28(12-3-1)44-27-45(38-19-8-7-18-37(38)44)29-13-10-14-30(23-29)47-31-21-22-33-32-15-4-6-17-36(32)46(39(33)24-31)42-25-41-35(26-43-42)34-16-5-9-20-40(34)48-41/h1-27H/q+1. The summed E-state index contributed by atoms with van der Waals surface area (Å²) in [6, 6.07) is 51.9.